The molecule has 2 rings (SSSR count). The van der Waals surface area contributed by atoms with Crippen LogP contribution in [0.2, 0.25) is 0 Å². The van der Waals surface area contributed by atoms with E-state index in [4.69, 9.17) is 0 Å². The SMILES string of the molecule is CCn1nccc1C(NC)c1c(F)c(F)c(F)c(F)c1F. The molecule has 0 saturated carbocycles. The molecular formula is C13H12F5N3. The van der Waals surface area contributed by atoms with Crippen molar-refractivity contribution in [3.05, 3.63) is 52.6 Å². The molecule has 1 atom stereocenters. The van der Waals surface area contributed by atoms with Crippen LogP contribution in [-0.2, 0) is 6.54 Å². The summed E-state index contributed by atoms with van der Waals surface area (Å²) in [4.78, 5) is 0. The molecule has 0 radical (unpaired) electrons. The lowest BCUT2D eigenvalue weighted by Crippen LogP contribution is -2.25. The molecule has 8 heteroatoms. The molecule has 0 spiro atoms. The largest absolute Gasteiger partial charge is 0.308 e. The highest BCUT2D eigenvalue weighted by Crippen LogP contribution is 2.31. The van der Waals surface area contributed by atoms with E-state index in [2.05, 4.69) is 10.4 Å². The van der Waals surface area contributed by atoms with Gasteiger partial charge < -0.3 is 5.32 Å². The van der Waals surface area contributed by atoms with Gasteiger partial charge in [0.15, 0.2) is 23.3 Å². The van der Waals surface area contributed by atoms with E-state index in [1.165, 1.54) is 24.0 Å². The molecule has 0 aliphatic heterocycles. The molecule has 3 nitrogen and oxygen atoms in total. The Morgan fingerprint density at radius 3 is 2.05 bits per heavy atom. The molecular weight excluding hydrogens is 293 g/mol. The topological polar surface area (TPSA) is 29.9 Å². The summed E-state index contributed by atoms with van der Waals surface area (Å²) in [5.41, 5.74) is -0.632. The first-order chi connectivity index (χ1) is 9.93. The Hall–Kier alpha value is -1.96. The van der Waals surface area contributed by atoms with Crippen molar-refractivity contribution in [2.24, 2.45) is 0 Å². The number of rotatable bonds is 4. The van der Waals surface area contributed by atoms with Gasteiger partial charge >= 0.3 is 0 Å². The number of hydrogen-bond acceptors (Lipinski definition) is 2. The van der Waals surface area contributed by atoms with Crippen molar-refractivity contribution in [1.82, 2.24) is 15.1 Å². The minimum atomic E-state index is -2.17. The van der Waals surface area contributed by atoms with Gasteiger partial charge in [0.2, 0.25) is 5.82 Å². The van der Waals surface area contributed by atoms with Gasteiger partial charge in [0, 0.05) is 12.7 Å². The Bertz CT molecular complexity index is 639. The number of aryl methyl sites for hydroxylation is 1. The van der Waals surface area contributed by atoms with Crippen LogP contribution in [0.15, 0.2) is 12.3 Å². The fourth-order valence-corrected chi connectivity index (χ4v) is 2.17. The number of hydrogen-bond donors (Lipinski definition) is 1. The lowest BCUT2D eigenvalue weighted by atomic mass is 10.0. The maximum Gasteiger partial charge on any atom is 0.200 e. The molecule has 0 saturated heterocycles. The second-order valence-electron chi connectivity index (χ2n) is 4.28. The monoisotopic (exact) mass is 305 g/mol. The second kappa shape index (κ2) is 5.80. The van der Waals surface area contributed by atoms with E-state index in [1.807, 2.05) is 0 Å². The molecule has 0 aliphatic rings. The predicted octanol–water partition coefficient (Wildman–Crippen LogP) is 2.91. The van der Waals surface area contributed by atoms with Gasteiger partial charge in [-0.1, -0.05) is 0 Å². The molecule has 21 heavy (non-hydrogen) atoms. The van der Waals surface area contributed by atoms with Crippen molar-refractivity contribution >= 4 is 0 Å². The smallest absolute Gasteiger partial charge is 0.200 e. The van der Waals surface area contributed by atoms with Gasteiger partial charge in [-0.3, -0.25) is 4.68 Å². The van der Waals surface area contributed by atoms with Crippen molar-refractivity contribution in [3.63, 3.8) is 0 Å². The average Bonchev–Trinajstić information content (AvgIpc) is 2.95. The molecule has 1 heterocycles. The summed E-state index contributed by atoms with van der Waals surface area (Å²) in [7, 11) is 1.36. The number of aromatic nitrogens is 2. The zero-order valence-corrected chi connectivity index (χ0v) is 11.2. The van der Waals surface area contributed by atoms with Crippen LogP contribution in [0.5, 0.6) is 0 Å². The Morgan fingerprint density at radius 2 is 1.57 bits per heavy atom. The van der Waals surface area contributed by atoms with Gasteiger partial charge in [0.25, 0.3) is 0 Å². The van der Waals surface area contributed by atoms with Gasteiger partial charge in [0.1, 0.15) is 0 Å². The fraction of sp³-hybridized carbons (Fsp3) is 0.308. The van der Waals surface area contributed by atoms with E-state index in [0.717, 1.165) is 0 Å². The third kappa shape index (κ3) is 2.39. The highest BCUT2D eigenvalue weighted by molar-refractivity contribution is 5.32. The van der Waals surface area contributed by atoms with Crippen LogP contribution in [0, 0.1) is 29.1 Å². The Kier molecular flexibility index (Phi) is 4.26. The Balaban J connectivity index is 2.69. The average molecular weight is 305 g/mol. The van der Waals surface area contributed by atoms with Crippen LogP contribution in [0.4, 0.5) is 22.0 Å². The summed E-state index contributed by atoms with van der Waals surface area (Å²) >= 11 is 0. The molecule has 1 unspecified atom stereocenters. The lowest BCUT2D eigenvalue weighted by molar-refractivity contribution is 0.361. The quantitative estimate of drug-likeness (QED) is 0.535. The van der Waals surface area contributed by atoms with Gasteiger partial charge in [0.05, 0.1) is 17.3 Å². The van der Waals surface area contributed by atoms with Crippen LogP contribution < -0.4 is 5.32 Å². The summed E-state index contributed by atoms with van der Waals surface area (Å²) in [5, 5.41) is 6.48. The molecule has 1 aromatic carbocycles. The summed E-state index contributed by atoms with van der Waals surface area (Å²) < 4.78 is 68.9. The van der Waals surface area contributed by atoms with Gasteiger partial charge in [-0.25, -0.2) is 22.0 Å². The highest BCUT2D eigenvalue weighted by Gasteiger charge is 2.31. The van der Waals surface area contributed by atoms with Crippen LogP contribution in [0.3, 0.4) is 0 Å². The first-order valence-corrected chi connectivity index (χ1v) is 6.14. The summed E-state index contributed by atoms with van der Waals surface area (Å²) in [6.07, 6.45) is 1.38. The van der Waals surface area contributed by atoms with Crippen molar-refractivity contribution in [2.45, 2.75) is 19.5 Å². The number of halogens is 5. The zero-order valence-electron chi connectivity index (χ0n) is 11.2. The lowest BCUT2D eigenvalue weighted by Gasteiger charge is -2.20. The van der Waals surface area contributed by atoms with Crippen LogP contribution >= 0.6 is 0 Å². The van der Waals surface area contributed by atoms with E-state index >= 15 is 0 Å². The summed E-state index contributed by atoms with van der Waals surface area (Å²) in [5.74, 6) is -9.81. The number of benzene rings is 1. The van der Waals surface area contributed by atoms with Gasteiger partial charge in [-0.05, 0) is 20.0 Å². The molecule has 0 amide bonds. The van der Waals surface area contributed by atoms with Gasteiger partial charge in [-0.15, -0.1) is 0 Å². The molecule has 0 aliphatic carbocycles. The van der Waals surface area contributed by atoms with E-state index in [1.54, 1.807) is 6.92 Å². The number of nitrogens with zero attached hydrogens (tertiary/aromatic N) is 2. The zero-order chi connectivity index (χ0) is 15.7. The van der Waals surface area contributed by atoms with Crippen molar-refractivity contribution in [3.8, 4) is 0 Å². The van der Waals surface area contributed by atoms with E-state index < -0.39 is 40.7 Å². The van der Waals surface area contributed by atoms with Crippen molar-refractivity contribution in [1.29, 1.82) is 0 Å². The third-order valence-electron chi connectivity index (χ3n) is 3.17. The predicted molar refractivity (Wildman–Crippen MR) is 65.0 cm³/mol. The van der Waals surface area contributed by atoms with E-state index in [0.29, 0.717) is 12.2 Å². The van der Waals surface area contributed by atoms with Crippen LogP contribution in [0.25, 0.3) is 0 Å². The normalized spacial score (nSPS) is 12.7. The van der Waals surface area contributed by atoms with Crippen LogP contribution in [-0.4, -0.2) is 16.8 Å². The molecule has 0 bridgehead atoms. The van der Waals surface area contributed by atoms with Gasteiger partial charge in [-0.2, -0.15) is 5.10 Å². The molecule has 114 valence electrons. The van der Waals surface area contributed by atoms with E-state index in [-0.39, 0.29) is 0 Å². The number of nitrogens with one attached hydrogen (secondary N) is 1. The summed E-state index contributed by atoms with van der Waals surface area (Å²) in [6.45, 7) is 2.12. The third-order valence-corrected chi connectivity index (χ3v) is 3.17. The maximum atomic E-state index is 13.9. The van der Waals surface area contributed by atoms with Crippen molar-refractivity contribution < 1.29 is 22.0 Å². The fourth-order valence-electron chi connectivity index (χ4n) is 2.17. The first-order valence-electron chi connectivity index (χ1n) is 6.14. The minimum absolute atomic E-state index is 0.295. The minimum Gasteiger partial charge on any atom is -0.308 e. The van der Waals surface area contributed by atoms with E-state index in [9.17, 15) is 22.0 Å². The standard InChI is InChI=1S/C13H12F5N3/c1-3-21-6(4-5-20-21)13(19-2)7-8(14)10(16)12(18)11(17)9(7)15/h4-5,13,19H,3H2,1-2H3. The highest BCUT2D eigenvalue weighted by atomic mass is 19.2. The summed E-state index contributed by atoms with van der Waals surface area (Å²) in [6, 6.07) is 0.236. The molecule has 1 N–H and O–H groups in total. The second-order valence-corrected chi connectivity index (χ2v) is 4.28. The Labute approximate surface area is 117 Å². The Morgan fingerprint density at radius 1 is 1.05 bits per heavy atom. The molecule has 1 aromatic heterocycles. The first kappa shape index (κ1) is 15.4. The maximum absolute atomic E-state index is 13.9. The molecule has 0 fully saturated rings. The van der Waals surface area contributed by atoms with Crippen LogP contribution in [0.1, 0.15) is 24.2 Å². The molecule has 2 aromatic rings. The van der Waals surface area contributed by atoms with Crippen molar-refractivity contribution in [2.75, 3.05) is 7.05 Å².